The van der Waals surface area contributed by atoms with E-state index in [-0.39, 0.29) is 33.8 Å². The first-order valence-corrected chi connectivity index (χ1v) is 10.1. The maximum atomic E-state index is 12.0. The summed E-state index contributed by atoms with van der Waals surface area (Å²) in [5.41, 5.74) is 2.07. The van der Waals surface area contributed by atoms with Gasteiger partial charge in [-0.1, -0.05) is 23.7 Å². The summed E-state index contributed by atoms with van der Waals surface area (Å²) in [4.78, 5) is 13.5. The van der Waals surface area contributed by atoms with E-state index in [9.17, 15) is 21.6 Å². The molecular formula is C12H15ClN2O5S2. The number of carbonyl (C=O) groups excluding carboxylic acids is 1. The summed E-state index contributed by atoms with van der Waals surface area (Å²) in [5.74, 6) is -0.846. The van der Waals surface area contributed by atoms with Gasteiger partial charge in [-0.3, -0.25) is 10.2 Å². The van der Waals surface area contributed by atoms with Crippen molar-refractivity contribution in [1.82, 2.24) is 10.3 Å². The molecule has 122 valence electrons. The molecule has 2 rings (SSSR count). The summed E-state index contributed by atoms with van der Waals surface area (Å²) >= 11 is 5.79. The number of rotatable bonds is 5. The molecule has 7 nitrogen and oxygen atoms in total. The SMILES string of the molecule is O=C(C[C@H]1CCS(=O)(=O)C1)NNS(=O)(=O)c1ccccc1Cl. The first-order chi connectivity index (χ1) is 10.2. The van der Waals surface area contributed by atoms with Crippen molar-refractivity contribution in [2.24, 2.45) is 5.92 Å². The molecule has 1 atom stereocenters. The van der Waals surface area contributed by atoms with Crippen molar-refractivity contribution in [2.75, 3.05) is 11.5 Å². The Morgan fingerprint density at radius 2 is 2.00 bits per heavy atom. The van der Waals surface area contributed by atoms with Crippen LogP contribution in [0.15, 0.2) is 29.2 Å². The van der Waals surface area contributed by atoms with Crippen LogP contribution in [0.3, 0.4) is 0 Å². The quantitative estimate of drug-likeness (QED) is 0.736. The number of sulfone groups is 1. The standard InChI is InChI=1S/C12H15ClN2O5S2/c13-10-3-1-2-4-11(10)22(19,20)15-14-12(16)7-9-5-6-21(17,18)8-9/h1-4,9,15H,5-8H2,(H,14,16)/t9-/m1/s1. The van der Waals surface area contributed by atoms with Gasteiger partial charge in [-0.15, -0.1) is 4.83 Å². The fourth-order valence-electron chi connectivity index (χ4n) is 2.19. The van der Waals surface area contributed by atoms with Crippen molar-refractivity contribution in [3.63, 3.8) is 0 Å². The van der Waals surface area contributed by atoms with Gasteiger partial charge in [-0.2, -0.15) is 0 Å². The molecule has 0 spiro atoms. The third-order valence-corrected chi connectivity index (χ3v) is 6.84. The fraction of sp³-hybridized carbons (Fsp3) is 0.417. The van der Waals surface area contributed by atoms with E-state index in [1.165, 1.54) is 18.2 Å². The van der Waals surface area contributed by atoms with Crippen LogP contribution < -0.4 is 10.3 Å². The largest absolute Gasteiger partial charge is 0.278 e. The van der Waals surface area contributed by atoms with Crippen molar-refractivity contribution >= 4 is 37.4 Å². The van der Waals surface area contributed by atoms with Crippen LogP contribution >= 0.6 is 11.6 Å². The van der Waals surface area contributed by atoms with Crippen molar-refractivity contribution < 1.29 is 21.6 Å². The Bertz CT molecular complexity index is 776. The number of halogens is 1. The lowest BCUT2D eigenvalue weighted by Gasteiger charge is -2.11. The Hall–Kier alpha value is -1.16. The molecule has 2 N–H and O–H groups in total. The molecule has 0 aliphatic carbocycles. The molecule has 0 bridgehead atoms. The van der Waals surface area contributed by atoms with Gasteiger partial charge in [0.15, 0.2) is 9.84 Å². The Labute approximate surface area is 134 Å². The smallest absolute Gasteiger partial charge is 0.258 e. The van der Waals surface area contributed by atoms with Gasteiger partial charge in [0.05, 0.1) is 16.5 Å². The Morgan fingerprint density at radius 1 is 1.32 bits per heavy atom. The molecular weight excluding hydrogens is 352 g/mol. The van der Waals surface area contributed by atoms with Crippen LogP contribution in [0.4, 0.5) is 0 Å². The second-order valence-electron chi connectivity index (χ2n) is 5.06. The molecule has 22 heavy (non-hydrogen) atoms. The van der Waals surface area contributed by atoms with E-state index in [1.807, 2.05) is 4.83 Å². The monoisotopic (exact) mass is 366 g/mol. The van der Waals surface area contributed by atoms with E-state index < -0.39 is 25.8 Å². The van der Waals surface area contributed by atoms with E-state index in [2.05, 4.69) is 5.43 Å². The fourth-order valence-corrected chi connectivity index (χ4v) is 5.43. The lowest BCUT2D eigenvalue weighted by Crippen LogP contribution is -2.42. The second kappa shape index (κ2) is 6.53. The average Bonchev–Trinajstić information content (AvgIpc) is 2.76. The lowest BCUT2D eigenvalue weighted by atomic mass is 10.1. The number of nitrogens with one attached hydrogen (secondary N) is 2. The van der Waals surface area contributed by atoms with Crippen molar-refractivity contribution in [3.05, 3.63) is 29.3 Å². The zero-order valence-corrected chi connectivity index (χ0v) is 13.8. The number of hydrogen-bond acceptors (Lipinski definition) is 5. The topological polar surface area (TPSA) is 109 Å². The number of hydrogen-bond donors (Lipinski definition) is 2. The van der Waals surface area contributed by atoms with E-state index in [4.69, 9.17) is 11.6 Å². The third-order valence-electron chi connectivity index (χ3n) is 3.25. The summed E-state index contributed by atoms with van der Waals surface area (Å²) in [5, 5.41) is 0.0335. The second-order valence-corrected chi connectivity index (χ2v) is 9.34. The van der Waals surface area contributed by atoms with Crippen LogP contribution in [0.2, 0.25) is 5.02 Å². The molecule has 1 aromatic rings. The summed E-state index contributed by atoms with van der Waals surface area (Å²) in [6.45, 7) is 0. The highest BCUT2D eigenvalue weighted by atomic mass is 35.5. The predicted octanol–water partition coefficient (Wildman–Crippen LogP) is 0.474. The summed E-state index contributed by atoms with van der Waals surface area (Å²) in [7, 11) is -7.04. The first kappa shape index (κ1) is 17.2. The van der Waals surface area contributed by atoms with Gasteiger partial charge < -0.3 is 0 Å². The van der Waals surface area contributed by atoms with Gasteiger partial charge >= 0.3 is 0 Å². The predicted molar refractivity (Wildman–Crippen MR) is 81.3 cm³/mol. The molecule has 10 heteroatoms. The highest BCUT2D eigenvalue weighted by Crippen LogP contribution is 2.22. The molecule has 1 aromatic carbocycles. The van der Waals surface area contributed by atoms with Crippen molar-refractivity contribution in [1.29, 1.82) is 0 Å². The average molecular weight is 367 g/mol. The molecule has 0 radical (unpaired) electrons. The van der Waals surface area contributed by atoms with Gasteiger partial charge in [0.2, 0.25) is 5.91 Å². The molecule has 1 saturated heterocycles. The lowest BCUT2D eigenvalue weighted by molar-refractivity contribution is -0.122. The third kappa shape index (κ3) is 4.42. The normalized spacial score (nSPS) is 20.7. The van der Waals surface area contributed by atoms with Gasteiger partial charge in [0.25, 0.3) is 10.0 Å². The Balaban J connectivity index is 1.92. The number of hydrazine groups is 1. The zero-order chi connectivity index (χ0) is 16.4. The highest BCUT2D eigenvalue weighted by Gasteiger charge is 2.29. The molecule has 1 heterocycles. The molecule has 1 amide bonds. The number of amides is 1. The van der Waals surface area contributed by atoms with Crippen LogP contribution in [0.5, 0.6) is 0 Å². The summed E-state index contributed by atoms with van der Waals surface area (Å²) in [6.07, 6.45) is 0.358. The van der Waals surface area contributed by atoms with E-state index in [0.29, 0.717) is 6.42 Å². The van der Waals surface area contributed by atoms with Crippen LogP contribution in [0.1, 0.15) is 12.8 Å². The van der Waals surface area contributed by atoms with Crippen LogP contribution in [-0.4, -0.2) is 34.2 Å². The molecule has 1 fully saturated rings. The molecule has 0 unspecified atom stereocenters. The minimum atomic E-state index is -3.97. The first-order valence-electron chi connectivity index (χ1n) is 6.45. The van der Waals surface area contributed by atoms with Crippen molar-refractivity contribution in [2.45, 2.75) is 17.7 Å². The molecule has 1 aliphatic rings. The minimum absolute atomic E-state index is 0.0335. The summed E-state index contributed by atoms with van der Waals surface area (Å²) in [6, 6.07) is 5.81. The van der Waals surface area contributed by atoms with Gasteiger partial charge in [-0.25, -0.2) is 16.8 Å². The molecule has 0 saturated carbocycles. The van der Waals surface area contributed by atoms with E-state index in [1.54, 1.807) is 6.07 Å². The maximum absolute atomic E-state index is 12.0. The molecule has 0 aromatic heterocycles. The zero-order valence-electron chi connectivity index (χ0n) is 11.5. The van der Waals surface area contributed by atoms with Gasteiger partial charge in [-0.05, 0) is 24.5 Å². The Morgan fingerprint density at radius 3 is 2.59 bits per heavy atom. The van der Waals surface area contributed by atoms with Crippen LogP contribution in [0.25, 0.3) is 0 Å². The number of sulfonamides is 1. The van der Waals surface area contributed by atoms with Crippen LogP contribution in [-0.2, 0) is 24.7 Å². The maximum Gasteiger partial charge on any atom is 0.258 e. The minimum Gasteiger partial charge on any atom is -0.278 e. The van der Waals surface area contributed by atoms with Crippen LogP contribution in [0, 0.1) is 5.92 Å². The Kier molecular flexibility index (Phi) is 5.10. The van der Waals surface area contributed by atoms with Gasteiger partial charge in [0, 0.05) is 6.42 Å². The van der Waals surface area contributed by atoms with Crippen molar-refractivity contribution in [3.8, 4) is 0 Å². The van der Waals surface area contributed by atoms with E-state index in [0.717, 1.165) is 0 Å². The molecule has 1 aliphatic heterocycles. The number of carbonyl (C=O) groups is 1. The highest BCUT2D eigenvalue weighted by molar-refractivity contribution is 7.91. The summed E-state index contributed by atoms with van der Waals surface area (Å²) < 4.78 is 46.6. The van der Waals surface area contributed by atoms with E-state index >= 15 is 0 Å². The van der Waals surface area contributed by atoms with Gasteiger partial charge in [0.1, 0.15) is 4.90 Å². The number of benzene rings is 1.